The number of imidazole rings is 1. The summed E-state index contributed by atoms with van der Waals surface area (Å²) in [5, 5.41) is 10.4. The van der Waals surface area contributed by atoms with Crippen LogP contribution in [0.15, 0.2) is 48.7 Å². The molecule has 0 atom stereocenters. The Kier molecular flexibility index (Phi) is 5.80. The van der Waals surface area contributed by atoms with E-state index in [1.807, 2.05) is 30.5 Å². The van der Waals surface area contributed by atoms with Gasteiger partial charge in [-0.05, 0) is 36.6 Å². The maximum absolute atomic E-state index is 11.4. The molecule has 1 aliphatic rings. The molecule has 6 heteroatoms. The van der Waals surface area contributed by atoms with E-state index in [-0.39, 0.29) is 38.3 Å². The molecule has 2 aromatic heterocycles. The number of fused-ring (bicyclic) bond motifs is 2. The summed E-state index contributed by atoms with van der Waals surface area (Å²) in [6.07, 6.45) is 7.79. The number of hydrogen-bond donors (Lipinski definition) is 1. The number of nitrogens with zero attached hydrogens (tertiary/aromatic N) is 3. The predicted octanol–water partition coefficient (Wildman–Crippen LogP) is 5.25. The third kappa shape index (κ3) is 3.74. The smallest absolute Gasteiger partial charge is 0.335 e. The predicted molar refractivity (Wildman–Crippen MR) is 108 cm³/mol. The van der Waals surface area contributed by atoms with E-state index in [2.05, 4.69) is 21.7 Å². The van der Waals surface area contributed by atoms with E-state index in [9.17, 15) is 9.90 Å². The number of aromatic nitrogens is 3. The summed E-state index contributed by atoms with van der Waals surface area (Å²) in [6.45, 7) is 0. The van der Waals surface area contributed by atoms with Crippen molar-refractivity contribution in [2.75, 3.05) is 0 Å². The van der Waals surface area contributed by atoms with Crippen LogP contribution in [0.2, 0.25) is 0 Å². The number of rotatable bonds is 3. The molecule has 1 N–H and O–H groups in total. The minimum absolute atomic E-state index is 0. The molecule has 2 aromatic carbocycles. The molecule has 2 heterocycles. The quantitative estimate of drug-likeness (QED) is 0.425. The van der Waals surface area contributed by atoms with Crippen molar-refractivity contribution in [3.63, 3.8) is 0 Å². The number of carboxylic acids is 1. The molecule has 1 fully saturated rings. The SMILES string of the molecule is O=C(O)c1ccc2c(c1)nc(-c1cnc3c[c-]ccc3c1)n2C1CCCCC1.[Y]. The van der Waals surface area contributed by atoms with Crippen molar-refractivity contribution in [1.29, 1.82) is 0 Å². The van der Waals surface area contributed by atoms with Crippen LogP contribution in [-0.2, 0) is 32.7 Å². The fourth-order valence-electron chi connectivity index (χ4n) is 4.28. The number of pyridine rings is 1. The summed E-state index contributed by atoms with van der Waals surface area (Å²) in [7, 11) is 0. The molecule has 4 aromatic rings. The molecule has 0 unspecified atom stereocenters. The Balaban J connectivity index is 0.00000205. The standard InChI is InChI=1S/C23H20N3O2.Y/c27-23(28)16-10-11-21-20(13-16)25-22(26(21)18-7-2-1-3-8-18)17-12-15-6-4-5-9-19(15)24-14-17;/h4,6,9-14,18H,1-3,7-8H2,(H,27,28);/q-1;. The molecule has 0 spiro atoms. The zero-order valence-electron chi connectivity index (χ0n) is 16.0. The Morgan fingerprint density at radius 3 is 2.72 bits per heavy atom. The largest absolute Gasteiger partial charge is 0.478 e. The van der Waals surface area contributed by atoms with Gasteiger partial charge in [0.05, 0.1) is 16.6 Å². The second kappa shape index (κ2) is 8.33. The van der Waals surface area contributed by atoms with Gasteiger partial charge in [0.1, 0.15) is 5.82 Å². The van der Waals surface area contributed by atoms with Crippen LogP contribution in [0.3, 0.4) is 0 Å². The Morgan fingerprint density at radius 2 is 1.93 bits per heavy atom. The van der Waals surface area contributed by atoms with Crippen LogP contribution >= 0.6 is 0 Å². The first kappa shape index (κ1) is 20.2. The van der Waals surface area contributed by atoms with Crippen molar-refractivity contribution in [3.8, 4) is 11.4 Å². The Bertz CT molecular complexity index is 1200. The average molecular weight is 459 g/mol. The van der Waals surface area contributed by atoms with Crippen LogP contribution in [0.1, 0.15) is 48.5 Å². The molecule has 0 amide bonds. The summed E-state index contributed by atoms with van der Waals surface area (Å²) in [5.74, 6) is -0.0639. The van der Waals surface area contributed by atoms with Gasteiger partial charge in [0.2, 0.25) is 0 Å². The molecule has 143 valence electrons. The van der Waals surface area contributed by atoms with Gasteiger partial charge in [0.15, 0.2) is 0 Å². The van der Waals surface area contributed by atoms with Gasteiger partial charge in [0, 0.05) is 50.5 Å². The molecule has 5 nitrogen and oxygen atoms in total. The van der Waals surface area contributed by atoms with E-state index in [0.717, 1.165) is 46.2 Å². The number of carbonyl (C=O) groups is 1. The van der Waals surface area contributed by atoms with Crippen LogP contribution in [0.25, 0.3) is 33.3 Å². The van der Waals surface area contributed by atoms with E-state index in [0.29, 0.717) is 6.04 Å². The van der Waals surface area contributed by atoms with E-state index in [1.165, 1.54) is 19.3 Å². The molecule has 0 aliphatic heterocycles. The monoisotopic (exact) mass is 459 g/mol. The minimum atomic E-state index is -0.931. The molecule has 0 bridgehead atoms. The van der Waals surface area contributed by atoms with Crippen molar-refractivity contribution in [2.45, 2.75) is 38.1 Å². The molecule has 1 aliphatic carbocycles. The zero-order valence-corrected chi connectivity index (χ0v) is 18.8. The number of aromatic carboxylic acids is 1. The third-order valence-electron chi connectivity index (χ3n) is 5.66. The number of benzene rings is 2. The van der Waals surface area contributed by atoms with Crippen LogP contribution in [0, 0.1) is 6.07 Å². The van der Waals surface area contributed by atoms with Gasteiger partial charge in [-0.3, -0.25) is 0 Å². The summed E-state index contributed by atoms with van der Waals surface area (Å²) < 4.78 is 2.30. The second-order valence-electron chi connectivity index (χ2n) is 7.45. The number of hydrogen-bond acceptors (Lipinski definition) is 3. The molecular weight excluding hydrogens is 439 g/mol. The molecule has 1 radical (unpaired) electrons. The fourth-order valence-corrected chi connectivity index (χ4v) is 4.28. The summed E-state index contributed by atoms with van der Waals surface area (Å²) in [4.78, 5) is 20.8. The first-order valence-corrected chi connectivity index (χ1v) is 9.72. The topological polar surface area (TPSA) is 68.0 Å². The van der Waals surface area contributed by atoms with E-state index in [4.69, 9.17) is 4.98 Å². The second-order valence-corrected chi connectivity index (χ2v) is 7.45. The summed E-state index contributed by atoms with van der Waals surface area (Å²) >= 11 is 0. The molecule has 29 heavy (non-hydrogen) atoms. The first-order chi connectivity index (χ1) is 13.7. The van der Waals surface area contributed by atoms with Crippen molar-refractivity contribution in [1.82, 2.24) is 14.5 Å². The van der Waals surface area contributed by atoms with Crippen molar-refractivity contribution >= 4 is 27.9 Å². The van der Waals surface area contributed by atoms with Gasteiger partial charge in [-0.25, -0.2) is 9.78 Å². The van der Waals surface area contributed by atoms with Gasteiger partial charge in [-0.2, -0.15) is 24.3 Å². The molecular formula is C23H20N3O2Y-. The van der Waals surface area contributed by atoms with Crippen molar-refractivity contribution < 1.29 is 42.6 Å². The minimum Gasteiger partial charge on any atom is -0.478 e. The van der Waals surface area contributed by atoms with E-state index in [1.54, 1.807) is 12.1 Å². The van der Waals surface area contributed by atoms with Gasteiger partial charge in [0.25, 0.3) is 0 Å². The van der Waals surface area contributed by atoms with Crippen LogP contribution in [0.4, 0.5) is 0 Å². The third-order valence-corrected chi connectivity index (χ3v) is 5.66. The average Bonchev–Trinajstić information content (AvgIpc) is 3.12. The molecule has 1 saturated carbocycles. The van der Waals surface area contributed by atoms with Gasteiger partial charge < -0.3 is 14.7 Å². The summed E-state index contributed by atoms with van der Waals surface area (Å²) in [5.41, 5.74) is 3.84. The fraction of sp³-hybridized carbons (Fsp3) is 0.261. The molecule has 5 rings (SSSR count). The van der Waals surface area contributed by atoms with Crippen LogP contribution in [0.5, 0.6) is 0 Å². The van der Waals surface area contributed by atoms with E-state index < -0.39 is 5.97 Å². The van der Waals surface area contributed by atoms with Crippen LogP contribution < -0.4 is 0 Å². The normalized spacial score (nSPS) is 14.8. The Hall–Kier alpha value is -2.11. The Morgan fingerprint density at radius 1 is 1.10 bits per heavy atom. The van der Waals surface area contributed by atoms with Gasteiger partial charge >= 0.3 is 5.97 Å². The summed E-state index contributed by atoms with van der Waals surface area (Å²) in [6, 6.07) is 16.5. The maximum atomic E-state index is 11.4. The zero-order chi connectivity index (χ0) is 19.1. The van der Waals surface area contributed by atoms with Gasteiger partial charge in [-0.1, -0.05) is 25.3 Å². The Labute approximate surface area is 194 Å². The van der Waals surface area contributed by atoms with Crippen LogP contribution in [-0.4, -0.2) is 25.6 Å². The van der Waals surface area contributed by atoms with E-state index >= 15 is 0 Å². The van der Waals surface area contributed by atoms with Crippen molar-refractivity contribution in [3.05, 3.63) is 60.3 Å². The van der Waals surface area contributed by atoms with Gasteiger partial charge in [-0.15, -0.1) is 5.39 Å². The molecule has 0 saturated heterocycles. The number of carboxylic acid groups (broad SMARTS) is 1. The first-order valence-electron chi connectivity index (χ1n) is 9.72. The van der Waals surface area contributed by atoms with Crippen molar-refractivity contribution in [2.24, 2.45) is 0 Å². The maximum Gasteiger partial charge on any atom is 0.335 e.